The molecule has 4 nitrogen and oxygen atoms in total. The lowest BCUT2D eigenvalue weighted by molar-refractivity contribution is -0.154. The first kappa shape index (κ1) is 31.4. The number of alkyl halides is 6. The Kier molecular flexibility index (Phi) is 10.9. The van der Waals surface area contributed by atoms with Gasteiger partial charge in [-0.1, -0.05) is 60.7 Å². The van der Waals surface area contributed by atoms with Gasteiger partial charge in [0.15, 0.2) is 13.2 Å². The van der Waals surface area contributed by atoms with Crippen LogP contribution in [0.5, 0.6) is 11.5 Å². The standard InChI is InChI=1S/C32H34F6N2O2/c33-31(34,35)21-41-29-13-11-23-7-1-3-9-25(23)27(29)15-19-39-17-5-6-18-40-20-16-28-26-10-4-2-8-24(26)12-14-30(28)42-22-32(36,37)38/h1-4,7-14,39-40H,5-6,15-22H2. The van der Waals surface area contributed by atoms with E-state index in [9.17, 15) is 26.3 Å². The average molecular weight is 593 g/mol. The van der Waals surface area contributed by atoms with Crippen LogP contribution in [0.1, 0.15) is 24.0 Å². The Morgan fingerprint density at radius 2 is 0.905 bits per heavy atom. The fourth-order valence-corrected chi connectivity index (χ4v) is 4.91. The topological polar surface area (TPSA) is 42.5 Å². The molecule has 0 aliphatic rings. The summed E-state index contributed by atoms with van der Waals surface area (Å²) in [5, 5.41) is 10.4. The fourth-order valence-electron chi connectivity index (χ4n) is 4.91. The first-order chi connectivity index (χ1) is 20.1. The van der Waals surface area contributed by atoms with Crippen molar-refractivity contribution in [3.63, 3.8) is 0 Å². The number of nitrogens with one attached hydrogen (secondary N) is 2. The van der Waals surface area contributed by atoms with Gasteiger partial charge in [-0.3, -0.25) is 0 Å². The van der Waals surface area contributed by atoms with Gasteiger partial charge in [-0.15, -0.1) is 0 Å². The van der Waals surface area contributed by atoms with Crippen LogP contribution in [0.15, 0.2) is 72.8 Å². The third kappa shape index (κ3) is 9.52. The van der Waals surface area contributed by atoms with Crippen LogP contribution in [0.3, 0.4) is 0 Å². The first-order valence-electron chi connectivity index (χ1n) is 13.9. The SMILES string of the molecule is FC(F)(F)COc1ccc2ccccc2c1CCNCCCCNCCc1c(OCC(F)(F)F)ccc2ccccc12. The molecule has 0 saturated heterocycles. The zero-order chi connectivity index (χ0) is 30.0. The molecule has 0 aliphatic carbocycles. The smallest absolute Gasteiger partial charge is 0.422 e. The molecule has 0 bridgehead atoms. The second kappa shape index (κ2) is 14.6. The minimum atomic E-state index is -4.41. The third-order valence-electron chi connectivity index (χ3n) is 6.84. The molecular weight excluding hydrogens is 558 g/mol. The highest BCUT2D eigenvalue weighted by Gasteiger charge is 2.29. The second-order valence-electron chi connectivity index (χ2n) is 10.0. The lowest BCUT2D eigenvalue weighted by Crippen LogP contribution is -2.23. The molecule has 42 heavy (non-hydrogen) atoms. The molecule has 0 saturated carbocycles. The Morgan fingerprint density at radius 1 is 0.500 bits per heavy atom. The van der Waals surface area contributed by atoms with E-state index in [2.05, 4.69) is 10.6 Å². The summed E-state index contributed by atoms with van der Waals surface area (Å²) in [7, 11) is 0. The van der Waals surface area contributed by atoms with E-state index in [-0.39, 0.29) is 11.5 Å². The number of hydrogen-bond donors (Lipinski definition) is 2. The Morgan fingerprint density at radius 3 is 1.31 bits per heavy atom. The maximum atomic E-state index is 12.7. The Hall–Kier alpha value is -3.50. The molecule has 0 fully saturated rings. The summed E-state index contributed by atoms with van der Waals surface area (Å²) in [6.07, 6.45) is -6.00. The van der Waals surface area contributed by atoms with E-state index >= 15 is 0 Å². The molecule has 0 unspecified atom stereocenters. The van der Waals surface area contributed by atoms with Crippen molar-refractivity contribution in [2.75, 3.05) is 39.4 Å². The molecule has 2 N–H and O–H groups in total. The van der Waals surface area contributed by atoms with Crippen molar-refractivity contribution in [1.82, 2.24) is 10.6 Å². The summed E-state index contributed by atoms with van der Waals surface area (Å²) in [6, 6.07) is 21.8. The fraction of sp³-hybridized carbons (Fsp3) is 0.375. The van der Waals surface area contributed by atoms with E-state index in [0.717, 1.165) is 58.6 Å². The maximum Gasteiger partial charge on any atom is 0.422 e. The Balaban J connectivity index is 1.20. The van der Waals surface area contributed by atoms with E-state index < -0.39 is 25.6 Å². The van der Waals surface area contributed by atoms with E-state index in [1.165, 1.54) is 0 Å². The van der Waals surface area contributed by atoms with Crippen LogP contribution in [0.4, 0.5) is 26.3 Å². The van der Waals surface area contributed by atoms with Gasteiger partial charge in [0.25, 0.3) is 0 Å². The number of unbranched alkanes of at least 4 members (excludes halogenated alkanes) is 1. The highest BCUT2D eigenvalue weighted by atomic mass is 19.4. The van der Waals surface area contributed by atoms with Gasteiger partial charge in [-0.05, 0) is 85.5 Å². The van der Waals surface area contributed by atoms with E-state index in [4.69, 9.17) is 9.47 Å². The molecule has 0 aliphatic heterocycles. The molecule has 4 rings (SSSR count). The number of ether oxygens (including phenoxy) is 2. The summed E-state index contributed by atoms with van der Waals surface area (Å²) < 4.78 is 86.7. The lowest BCUT2D eigenvalue weighted by atomic mass is 10.0. The summed E-state index contributed by atoms with van der Waals surface area (Å²) >= 11 is 0. The highest BCUT2D eigenvalue weighted by molar-refractivity contribution is 5.88. The van der Waals surface area contributed by atoms with Crippen molar-refractivity contribution >= 4 is 21.5 Å². The van der Waals surface area contributed by atoms with Crippen LogP contribution in [0.25, 0.3) is 21.5 Å². The van der Waals surface area contributed by atoms with Gasteiger partial charge in [0.05, 0.1) is 0 Å². The molecule has 4 aromatic rings. The van der Waals surface area contributed by atoms with Crippen molar-refractivity contribution in [2.45, 2.75) is 38.0 Å². The third-order valence-corrected chi connectivity index (χ3v) is 6.84. The van der Waals surface area contributed by atoms with Crippen LogP contribution in [-0.4, -0.2) is 51.7 Å². The molecular formula is C32H34F6N2O2. The van der Waals surface area contributed by atoms with E-state index in [1.54, 1.807) is 24.3 Å². The molecule has 4 aromatic carbocycles. The van der Waals surface area contributed by atoms with Gasteiger partial charge in [-0.2, -0.15) is 26.3 Å². The molecule has 0 aromatic heterocycles. The molecule has 0 heterocycles. The van der Waals surface area contributed by atoms with Gasteiger partial charge in [0, 0.05) is 11.1 Å². The molecule has 0 atom stereocenters. The van der Waals surface area contributed by atoms with Gasteiger partial charge in [-0.25, -0.2) is 0 Å². The summed E-state index contributed by atoms with van der Waals surface area (Å²) in [5.41, 5.74) is 1.50. The maximum absolute atomic E-state index is 12.7. The van der Waals surface area contributed by atoms with Crippen molar-refractivity contribution in [1.29, 1.82) is 0 Å². The van der Waals surface area contributed by atoms with Crippen LogP contribution in [0, 0.1) is 0 Å². The van der Waals surface area contributed by atoms with Crippen molar-refractivity contribution in [3.05, 3.63) is 83.9 Å². The average Bonchev–Trinajstić information content (AvgIpc) is 2.95. The summed E-state index contributed by atoms with van der Waals surface area (Å²) in [6.45, 7) is -0.00655. The van der Waals surface area contributed by atoms with Crippen molar-refractivity contribution in [2.24, 2.45) is 0 Å². The lowest BCUT2D eigenvalue weighted by Gasteiger charge is -2.16. The number of hydrogen-bond acceptors (Lipinski definition) is 4. The summed E-state index contributed by atoms with van der Waals surface area (Å²) in [5.74, 6) is 0.491. The predicted octanol–water partition coefficient (Wildman–Crippen LogP) is 7.62. The molecule has 0 radical (unpaired) electrons. The first-order valence-corrected chi connectivity index (χ1v) is 13.9. The van der Waals surface area contributed by atoms with Gasteiger partial charge in [0.2, 0.25) is 0 Å². The number of benzene rings is 4. The Labute approximate surface area is 241 Å². The van der Waals surface area contributed by atoms with Crippen LogP contribution >= 0.6 is 0 Å². The zero-order valence-electron chi connectivity index (χ0n) is 23.1. The molecule has 0 spiro atoms. The predicted molar refractivity (Wildman–Crippen MR) is 153 cm³/mol. The second-order valence-corrected chi connectivity index (χ2v) is 10.0. The van der Waals surface area contributed by atoms with Gasteiger partial charge >= 0.3 is 12.4 Å². The zero-order valence-corrected chi connectivity index (χ0v) is 23.1. The van der Waals surface area contributed by atoms with E-state index in [0.29, 0.717) is 25.9 Å². The summed E-state index contributed by atoms with van der Waals surface area (Å²) in [4.78, 5) is 0. The minimum absolute atomic E-state index is 0.246. The largest absolute Gasteiger partial charge is 0.484 e. The normalized spacial score (nSPS) is 12.2. The molecule has 0 amide bonds. The number of fused-ring (bicyclic) bond motifs is 2. The van der Waals surface area contributed by atoms with E-state index in [1.807, 2.05) is 48.5 Å². The number of halogens is 6. The number of rotatable bonds is 15. The van der Waals surface area contributed by atoms with Crippen LogP contribution in [-0.2, 0) is 12.8 Å². The quantitative estimate of drug-likeness (QED) is 0.110. The van der Waals surface area contributed by atoms with Crippen molar-refractivity contribution in [3.8, 4) is 11.5 Å². The van der Waals surface area contributed by atoms with Crippen molar-refractivity contribution < 1.29 is 35.8 Å². The van der Waals surface area contributed by atoms with Gasteiger partial charge in [0.1, 0.15) is 11.5 Å². The minimum Gasteiger partial charge on any atom is -0.484 e. The molecule has 226 valence electrons. The Bertz CT molecular complexity index is 1330. The van der Waals surface area contributed by atoms with Crippen LogP contribution < -0.4 is 20.1 Å². The molecule has 10 heteroatoms. The van der Waals surface area contributed by atoms with Crippen LogP contribution in [0.2, 0.25) is 0 Å². The monoisotopic (exact) mass is 592 g/mol. The highest BCUT2D eigenvalue weighted by Crippen LogP contribution is 2.31. The van der Waals surface area contributed by atoms with Gasteiger partial charge < -0.3 is 20.1 Å².